The first-order chi connectivity index (χ1) is 7.60. The van der Waals surface area contributed by atoms with Crippen LogP contribution in [0.3, 0.4) is 0 Å². The Balaban J connectivity index is 4.04. The van der Waals surface area contributed by atoms with E-state index in [4.69, 9.17) is 10.00 Å². The van der Waals surface area contributed by atoms with Crippen LogP contribution < -0.4 is 0 Å². The zero-order chi connectivity index (χ0) is 12.4. The molecule has 3 heteroatoms. The van der Waals surface area contributed by atoms with Crippen molar-refractivity contribution in [1.82, 2.24) is 0 Å². The molecule has 0 heterocycles. The van der Waals surface area contributed by atoms with Gasteiger partial charge in [-0.15, -0.1) is 0 Å². The van der Waals surface area contributed by atoms with Gasteiger partial charge in [0.05, 0.1) is 18.1 Å². The summed E-state index contributed by atoms with van der Waals surface area (Å²) in [4.78, 5) is 11.9. The number of unbranched alkanes of at least 4 members (excludes halogenated alkanes) is 2. The van der Waals surface area contributed by atoms with Gasteiger partial charge in [0.1, 0.15) is 0 Å². The van der Waals surface area contributed by atoms with E-state index in [1.165, 1.54) is 0 Å². The molecular weight excluding hydrogens is 202 g/mol. The first-order valence-electron chi connectivity index (χ1n) is 6.15. The maximum atomic E-state index is 11.9. The maximum absolute atomic E-state index is 11.9. The molecule has 0 amide bonds. The van der Waals surface area contributed by atoms with Crippen LogP contribution in [0.4, 0.5) is 0 Å². The van der Waals surface area contributed by atoms with Gasteiger partial charge in [-0.1, -0.05) is 26.7 Å². The number of esters is 1. The van der Waals surface area contributed by atoms with Gasteiger partial charge in [-0.25, -0.2) is 0 Å². The van der Waals surface area contributed by atoms with Crippen molar-refractivity contribution in [3.05, 3.63) is 0 Å². The van der Waals surface area contributed by atoms with Crippen LogP contribution in [0.25, 0.3) is 0 Å². The summed E-state index contributed by atoms with van der Waals surface area (Å²) in [6, 6.07) is 2.04. The molecule has 1 unspecified atom stereocenters. The van der Waals surface area contributed by atoms with Crippen molar-refractivity contribution in [2.24, 2.45) is 5.41 Å². The standard InChI is InChI=1S/C13H23NO2/c1-4-6-9-13(3,5-2)12(15)16-11-8-7-10-14/h4-9,11H2,1-3H3. The number of nitrogens with zero attached hydrogens (tertiary/aromatic N) is 1. The quantitative estimate of drug-likeness (QED) is 0.469. The van der Waals surface area contributed by atoms with Crippen LogP contribution in [0.1, 0.15) is 59.3 Å². The third-order valence-corrected chi connectivity index (χ3v) is 3.02. The van der Waals surface area contributed by atoms with E-state index in [1.54, 1.807) is 0 Å². The van der Waals surface area contributed by atoms with Crippen molar-refractivity contribution in [3.63, 3.8) is 0 Å². The Labute approximate surface area is 98.8 Å². The third-order valence-electron chi connectivity index (χ3n) is 3.02. The summed E-state index contributed by atoms with van der Waals surface area (Å²) in [6.07, 6.45) is 4.93. The van der Waals surface area contributed by atoms with Crippen molar-refractivity contribution in [2.45, 2.75) is 59.3 Å². The van der Waals surface area contributed by atoms with Crippen molar-refractivity contribution in [2.75, 3.05) is 6.61 Å². The normalized spacial score (nSPS) is 13.9. The average Bonchev–Trinajstić information content (AvgIpc) is 2.31. The van der Waals surface area contributed by atoms with Crippen LogP contribution in [-0.2, 0) is 9.53 Å². The van der Waals surface area contributed by atoms with Gasteiger partial charge in [0, 0.05) is 6.42 Å². The second-order valence-corrected chi connectivity index (χ2v) is 4.42. The molecule has 0 saturated heterocycles. The molecule has 0 fully saturated rings. The Hall–Kier alpha value is -1.04. The van der Waals surface area contributed by atoms with Crippen LogP contribution in [0.15, 0.2) is 0 Å². The molecule has 0 aliphatic heterocycles. The van der Waals surface area contributed by atoms with Crippen LogP contribution in [0.5, 0.6) is 0 Å². The van der Waals surface area contributed by atoms with Crippen molar-refractivity contribution < 1.29 is 9.53 Å². The molecule has 0 aliphatic rings. The minimum atomic E-state index is -0.345. The lowest BCUT2D eigenvalue weighted by Crippen LogP contribution is -2.29. The van der Waals surface area contributed by atoms with Gasteiger partial charge in [-0.2, -0.15) is 5.26 Å². The van der Waals surface area contributed by atoms with Crippen molar-refractivity contribution in [1.29, 1.82) is 5.26 Å². The summed E-state index contributed by atoms with van der Waals surface area (Å²) in [5, 5.41) is 8.36. The van der Waals surface area contributed by atoms with E-state index in [2.05, 4.69) is 6.92 Å². The second kappa shape index (κ2) is 8.15. The summed E-state index contributed by atoms with van der Waals surface area (Å²) >= 11 is 0. The molecule has 0 N–H and O–H groups in total. The van der Waals surface area contributed by atoms with Gasteiger partial charge >= 0.3 is 5.97 Å². The molecule has 0 spiro atoms. The molecule has 92 valence electrons. The predicted molar refractivity (Wildman–Crippen MR) is 63.7 cm³/mol. The van der Waals surface area contributed by atoms with Crippen LogP contribution in [0, 0.1) is 16.7 Å². The fraction of sp³-hybridized carbons (Fsp3) is 0.846. The van der Waals surface area contributed by atoms with Gasteiger partial charge in [-0.05, 0) is 26.2 Å². The highest BCUT2D eigenvalue weighted by Crippen LogP contribution is 2.29. The second-order valence-electron chi connectivity index (χ2n) is 4.42. The summed E-state index contributed by atoms with van der Waals surface area (Å²) in [7, 11) is 0. The first-order valence-corrected chi connectivity index (χ1v) is 6.15. The number of ether oxygens (including phenoxy) is 1. The molecular formula is C13H23NO2. The van der Waals surface area contributed by atoms with Gasteiger partial charge < -0.3 is 4.74 Å². The fourth-order valence-electron chi connectivity index (χ4n) is 1.48. The first kappa shape index (κ1) is 15.0. The summed E-state index contributed by atoms with van der Waals surface area (Å²) < 4.78 is 5.21. The van der Waals surface area contributed by atoms with Crippen LogP contribution >= 0.6 is 0 Å². The van der Waals surface area contributed by atoms with Gasteiger partial charge in [-0.3, -0.25) is 4.79 Å². The minimum absolute atomic E-state index is 0.110. The Bertz CT molecular complexity index is 245. The third kappa shape index (κ3) is 5.16. The molecule has 0 aliphatic carbocycles. The fourth-order valence-corrected chi connectivity index (χ4v) is 1.48. The maximum Gasteiger partial charge on any atom is 0.311 e. The molecule has 0 saturated carbocycles. The molecule has 0 radical (unpaired) electrons. The predicted octanol–water partition coefficient (Wildman–Crippen LogP) is 3.44. The van der Waals surface area contributed by atoms with E-state index in [0.29, 0.717) is 19.4 Å². The van der Waals surface area contributed by atoms with E-state index in [9.17, 15) is 4.79 Å². The number of rotatable bonds is 8. The number of carbonyl (C=O) groups is 1. The van der Waals surface area contributed by atoms with Crippen LogP contribution in [0.2, 0.25) is 0 Å². The number of hydrogen-bond donors (Lipinski definition) is 0. The van der Waals surface area contributed by atoms with E-state index >= 15 is 0 Å². The Morgan fingerprint density at radius 2 is 2.06 bits per heavy atom. The number of carbonyl (C=O) groups excluding carboxylic acids is 1. The Morgan fingerprint density at radius 3 is 2.56 bits per heavy atom. The monoisotopic (exact) mass is 225 g/mol. The lowest BCUT2D eigenvalue weighted by molar-refractivity contribution is -0.155. The highest BCUT2D eigenvalue weighted by Gasteiger charge is 2.31. The van der Waals surface area contributed by atoms with Crippen molar-refractivity contribution >= 4 is 5.97 Å². The summed E-state index contributed by atoms with van der Waals surface area (Å²) in [5.41, 5.74) is -0.345. The molecule has 16 heavy (non-hydrogen) atoms. The van der Waals surface area contributed by atoms with E-state index < -0.39 is 0 Å². The molecule has 0 aromatic rings. The van der Waals surface area contributed by atoms with Crippen molar-refractivity contribution in [3.8, 4) is 6.07 Å². The Kier molecular flexibility index (Phi) is 7.62. The van der Waals surface area contributed by atoms with E-state index in [0.717, 1.165) is 25.7 Å². The lowest BCUT2D eigenvalue weighted by atomic mass is 9.82. The average molecular weight is 225 g/mol. The number of hydrogen-bond acceptors (Lipinski definition) is 3. The smallest absolute Gasteiger partial charge is 0.311 e. The van der Waals surface area contributed by atoms with Crippen LogP contribution in [-0.4, -0.2) is 12.6 Å². The molecule has 3 nitrogen and oxygen atoms in total. The lowest BCUT2D eigenvalue weighted by Gasteiger charge is -2.25. The number of nitriles is 1. The zero-order valence-corrected chi connectivity index (χ0v) is 10.7. The molecule has 0 bridgehead atoms. The minimum Gasteiger partial charge on any atom is -0.465 e. The molecule has 0 aromatic carbocycles. The van der Waals surface area contributed by atoms with Gasteiger partial charge in [0.15, 0.2) is 0 Å². The van der Waals surface area contributed by atoms with Gasteiger partial charge in [0.2, 0.25) is 0 Å². The van der Waals surface area contributed by atoms with E-state index in [1.807, 2.05) is 19.9 Å². The largest absolute Gasteiger partial charge is 0.465 e. The molecule has 1 atom stereocenters. The summed E-state index contributed by atoms with van der Waals surface area (Å²) in [5.74, 6) is -0.110. The van der Waals surface area contributed by atoms with Gasteiger partial charge in [0.25, 0.3) is 0 Å². The SMILES string of the molecule is CCCCC(C)(CC)C(=O)OCCCC#N. The zero-order valence-electron chi connectivity index (χ0n) is 10.7. The summed E-state index contributed by atoms with van der Waals surface area (Å²) in [6.45, 7) is 6.48. The highest BCUT2D eigenvalue weighted by atomic mass is 16.5. The topological polar surface area (TPSA) is 50.1 Å². The Morgan fingerprint density at radius 1 is 1.38 bits per heavy atom. The molecule has 0 aromatic heterocycles. The van der Waals surface area contributed by atoms with E-state index in [-0.39, 0.29) is 11.4 Å². The molecule has 0 rings (SSSR count). The highest BCUT2D eigenvalue weighted by molar-refractivity contribution is 5.76.